The summed E-state index contributed by atoms with van der Waals surface area (Å²) in [4.78, 5) is 2.27. The third-order valence-corrected chi connectivity index (χ3v) is 3.95. The van der Waals surface area contributed by atoms with Crippen LogP contribution in [0.15, 0.2) is 0 Å². The Labute approximate surface area is 109 Å². The van der Waals surface area contributed by atoms with Gasteiger partial charge in [0.15, 0.2) is 0 Å². The van der Waals surface area contributed by atoms with Crippen molar-refractivity contribution in [1.82, 2.24) is 10.2 Å². The van der Waals surface area contributed by atoms with Crippen molar-refractivity contribution in [2.75, 3.05) is 26.7 Å². The van der Waals surface area contributed by atoms with Crippen LogP contribution in [0, 0.1) is 5.92 Å². The van der Waals surface area contributed by atoms with Gasteiger partial charge in [-0.3, -0.25) is 0 Å². The van der Waals surface area contributed by atoms with Crippen molar-refractivity contribution < 1.29 is 8.78 Å². The third-order valence-electron chi connectivity index (χ3n) is 3.95. The Morgan fingerprint density at radius 3 is 2.71 bits per heavy atom. The summed E-state index contributed by atoms with van der Waals surface area (Å²) in [5, 5.41) is 3.32. The third kappa shape index (κ3) is 4.34. The highest BCUT2D eigenvalue weighted by Gasteiger charge is 2.37. The standard InChI is InChI=1S/C12H22F2N2.ClH/c1-16(11-4-6-15-8-11)9-10-3-2-5-12(13,14)7-10;/h10-11,15H,2-9H2,1H3;1H. The number of halogens is 3. The molecule has 0 spiro atoms. The molecule has 2 fully saturated rings. The van der Waals surface area contributed by atoms with Gasteiger partial charge in [0, 0.05) is 32.0 Å². The molecule has 2 atom stereocenters. The molecule has 1 saturated carbocycles. The second-order valence-electron chi connectivity index (χ2n) is 5.40. The highest BCUT2D eigenvalue weighted by atomic mass is 35.5. The topological polar surface area (TPSA) is 15.3 Å². The van der Waals surface area contributed by atoms with Crippen LogP contribution in [-0.4, -0.2) is 43.5 Å². The van der Waals surface area contributed by atoms with Crippen LogP contribution in [-0.2, 0) is 0 Å². The lowest BCUT2D eigenvalue weighted by Gasteiger charge is -2.33. The van der Waals surface area contributed by atoms with Gasteiger partial charge in [-0.25, -0.2) is 8.78 Å². The van der Waals surface area contributed by atoms with E-state index in [0.29, 0.717) is 12.5 Å². The van der Waals surface area contributed by atoms with Crippen molar-refractivity contribution in [3.05, 3.63) is 0 Å². The molecule has 0 radical (unpaired) electrons. The van der Waals surface area contributed by atoms with Crippen molar-refractivity contribution in [1.29, 1.82) is 0 Å². The van der Waals surface area contributed by atoms with E-state index in [1.807, 2.05) is 0 Å². The highest BCUT2D eigenvalue weighted by molar-refractivity contribution is 5.85. The molecule has 2 aliphatic rings. The van der Waals surface area contributed by atoms with Gasteiger partial charge in [0.25, 0.3) is 0 Å². The number of rotatable bonds is 3. The first-order chi connectivity index (χ1) is 7.57. The Bertz CT molecular complexity index is 233. The van der Waals surface area contributed by atoms with Crippen LogP contribution in [0.4, 0.5) is 8.78 Å². The molecule has 1 N–H and O–H groups in total. The maximum Gasteiger partial charge on any atom is 0.248 e. The quantitative estimate of drug-likeness (QED) is 0.846. The maximum absolute atomic E-state index is 13.3. The second-order valence-corrected chi connectivity index (χ2v) is 5.40. The van der Waals surface area contributed by atoms with E-state index in [9.17, 15) is 8.78 Å². The molecule has 1 aliphatic carbocycles. The summed E-state index contributed by atoms with van der Waals surface area (Å²) in [5.74, 6) is -2.22. The zero-order valence-corrected chi connectivity index (χ0v) is 11.2. The summed E-state index contributed by atoms with van der Waals surface area (Å²) in [7, 11) is 2.07. The fourth-order valence-electron chi connectivity index (χ4n) is 3.00. The van der Waals surface area contributed by atoms with E-state index >= 15 is 0 Å². The van der Waals surface area contributed by atoms with E-state index in [0.717, 1.165) is 32.5 Å². The molecule has 1 saturated heterocycles. The minimum atomic E-state index is -2.41. The van der Waals surface area contributed by atoms with Crippen LogP contribution in [0.1, 0.15) is 32.1 Å². The first kappa shape index (κ1) is 15.1. The van der Waals surface area contributed by atoms with E-state index in [1.165, 1.54) is 0 Å². The molecule has 2 nitrogen and oxygen atoms in total. The van der Waals surface area contributed by atoms with Crippen LogP contribution in [0.3, 0.4) is 0 Å². The van der Waals surface area contributed by atoms with Crippen LogP contribution in [0.25, 0.3) is 0 Å². The number of hydrogen-bond acceptors (Lipinski definition) is 2. The zero-order chi connectivity index (χ0) is 11.6. The lowest BCUT2D eigenvalue weighted by atomic mass is 9.86. The van der Waals surface area contributed by atoms with Crippen LogP contribution < -0.4 is 5.32 Å². The van der Waals surface area contributed by atoms with Gasteiger partial charge in [-0.05, 0) is 38.8 Å². The summed E-state index contributed by atoms with van der Waals surface area (Å²) in [6.45, 7) is 2.91. The fraction of sp³-hybridized carbons (Fsp3) is 1.00. The number of likely N-dealkylation sites (N-methyl/N-ethyl adjacent to an activating group) is 1. The van der Waals surface area contributed by atoms with Gasteiger partial charge in [-0.1, -0.05) is 0 Å². The molecule has 2 rings (SSSR count). The molecule has 1 aliphatic heterocycles. The minimum Gasteiger partial charge on any atom is -0.315 e. The molecule has 0 bridgehead atoms. The molecular weight excluding hydrogens is 246 g/mol. The van der Waals surface area contributed by atoms with E-state index in [1.54, 1.807) is 0 Å². The second kappa shape index (κ2) is 6.30. The van der Waals surface area contributed by atoms with Crippen molar-refractivity contribution in [3.8, 4) is 0 Å². The smallest absolute Gasteiger partial charge is 0.248 e. The van der Waals surface area contributed by atoms with Crippen LogP contribution in [0.2, 0.25) is 0 Å². The molecule has 2 unspecified atom stereocenters. The monoisotopic (exact) mass is 268 g/mol. The number of hydrogen-bond donors (Lipinski definition) is 1. The predicted octanol–water partition coefficient (Wildman–Crippen LogP) is 2.53. The molecule has 0 aromatic heterocycles. The minimum absolute atomic E-state index is 0. The molecule has 1 heterocycles. The average molecular weight is 269 g/mol. The number of alkyl halides is 2. The molecule has 0 aromatic carbocycles. The molecular formula is C12H23ClF2N2. The average Bonchev–Trinajstić information content (AvgIpc) is 2.68. The molecule has 0 amide bonds. The summed E-state index contributed by atoms with van der Waals surface area (Å²) in [6.07, 6.45) is 3.00. The number of nitrogens with zero attached hydrogens (tertiary/aromatic N) is 1. The molecule has 17 heavy (non-hydrogen) atoms. The Morgan fingerprint density at radius 1 is 1.35 bits per heavy atom. The Balaban J connectivity index is 0.00000144. The van der Waals surface area contributed by atoms with Gasteiger partial charge in [-0.2, -0.15) is 0 Å². The maximum atomic E-state index is 13.3. The van der Waals surface area contributed by atoms with Gasteiger partial charge < -0.3 is 10.2 Å². The van der Waals surface area contributed by atoms with Gasteiger partial charge in [-0.15, -0.1) is 12.4 Å². The lowest BCUT2D eigenvalue weighted by Crippen LogP contribution is -2.39. The Morgan fingerprint density at radius 2 is 2.12 bits per heavy atom. The summed E-state index contributed by atoms with van der Waals surface area (Å²) in [5.41, 5.74) is 0. The zero-order valence-electron chi connectivity index (χ0n) is 10.4. The summed E-state index contributed by atoms with van der Waals surface area (Å²) >= 11 is 0. The number of nitrogens with one attached hydrogen (secondary N) is 1. The lowest BCUT2D eigenvalue weighted by molar-refractivity contribution is -0.0571. The SMILES string of the molecule is CN(CC1CCCC(F)(F)C1)C1CCNC1.Cl. The van der Waals surface area contributed by atoms with Gasteiger partial charge in [0.1, 0.15) is 0 Å². The first-order valence-electron chi connectivity index (χ1n) is 6.36. The molecule has 5 heteroatoms. The van der Waals surface area contributed by atoms with Crippen LogP contribution >= 0.6 is 12.4 Å². The van der Waals surface area contributed by atoms with Gasteiger partial charge in [0.2, 0.25) is 5.92 Å². The molecule has 102 valence electrons. The van der Waals surface area contributed by atoms with Gasteiger partial charge in [0.05, 0.1) is 0 Å². The Hall–Kier alpha value is 0.0700. The van der Waals surface area contributed by atoms with Crippen LogP contribution in [0.5, 0.6) is 0 Å². The normalized spacial score (nSPS) is 32.5. The molecule has 0 aromatic rings. The highest BCUT2D eigenvalue weighted by Crippen LogP contribution is 2.37. The summed E-state index contributed by atoms with van der Waals surface area (Å²) in [6, 6.07) is 0.551. The van der Waals surface area contributed by atoms with Crippen molar-refractivity contribution >= 4 is 12.4 Å². The van der Waals surface area contributed by atoms with Gasteiger partial charge >= 0.3 is 0 Å². The van der Waals surface area contributed by atoms with E-state index < -0.39 is 5.92 Å². The fourth-order valence-corrected chi connectivity index (χ4v) is 3.00. The summed E-state index contributed by atoms with van der Waals surface area (Å²) < 4.78 is 26.5. The Kier molecular flexibility index (Phi) is 5.61. The van der Waals surface area contributed by atoms with E-state index in [2.05, 4.69) is 17.3 Å². The largest absolute Gasteiger partial charge is 0.315 e. The van der Waals surface area contributed by atoms with Crippen molar-refractivity contribution in [3.63, 3.8) is 0 Å². The van der Waals surface area contributed by atoms with E-state index in [4.69, 9.17) is 0 Å². The van der Waals surface area contributed by atoms with Crippen molar-refractivity contribution in [2.45, 2.75) is 44.1 Å². The predicted molar refractivity (Wildman–Crippen MR) is 68.1 cm³/mol. The first-order valence-corrected chi connectivity index (χ1v) is 6.36. The van der Waals surface area contributed by atoms with E-state index in [-0.39, 0.29) is 31.2 Å². The van der Waals surface area contributed by atoms with Crippen molar-refractivity contribution in [2.24, 2.45) is 5.92 Å².